The highest BCUT2D eigenvalue weighted by atomic mass is 16.5. The van der Waals surface area contributed by atoms with Crippen molar-refractivity contribution in [3.05, 3.63) is 18.2 Å². The van der Waals surface area contributed by atoms with Crippen molar-refractivity contribution in [1.29, 1.82) is 0 Å². The Hall–Kier alpha value is -0.870. The summed E-state index contributed by atoms with van der Waals surface area (Å²) in [6.45, 7) is 6.90. The standard InChI is InChI=1S/C12H21N3O/c1-10(2)16-7-6-15-9-13-8-12(15)11-4-3-5-14-11/h8-11,14H,3-7H2,1-2H3/t11-/m0/s1. The van der Waals surface area contributed by atoms with Crippen LogP contribution in [0.5, 0.6) is 0 Å². The first-order valence-electron chi connectivity index (χ1n) is 6.12. The molecule has 90 valence electrons. The molecule has 0 radical (unpaired) electrons. The van der Waals surface area contributed by atoms with Gasteiger partial charge in [-0.2, -0.15) is 0 Å². The van der Waals surface area contributed by atoms with Crippen LogP contribution in [0.1, 0.15) is 38.4 Å². The average molecular weight is 223 g/mol. The minimum Gasteiger partial charge on any atom is -0.377 e. The van der Waals surface area contributed by atoms with Gasteiger partial charge in [0.25, 0.3) is 0 Å². The fraction of sp³-hybridized carbons (Fsp3) is 0.750. The number of hydrogen-bond acceptors (Lipinski definition) is 3. The predicted octanol–water partition coefficient (Wildman–Crippen LogP) is 1.73. The van der Waals surface area contributed by atoms with Gasteiger partial charge in [0.05, 0.1) is 24.7 Å². The van der Waals surface area contributed by atoms with E-state index in [1.54, 1.807) is 0 Å². The number of hydrogen-bond donors (Lipinski definition) is 1. The summed E-state index contributed by atoms with van der Waals surface area (Å²) < 4.78 is 7.76. The molecule has 4 heteroatoms. The summed E-state index contributed by atoms with van der Waals surface area (Å²) in [4.78, 5) is 4.23. The van der Waals surface area contributed by atoms with Crippen molar-refractivity contribution < 1.29 is 4.74 Å². The van der Waals surface area contributed by atoms with Gasteiger partial charge in [0.1, 0.15) is 0 Å². The first-order valence-corrected chi connectivity index (χ1v) is 6.12. The van der Waals surface area contributed by atoms with Gasteiger partial charge in [0.15, 0.2) is 0 Å². The number of nitrogens with zero attached hydrogens (tertiary/aromatic N) is 2. The van der Waals surface area contributed by atoms with Crippen LogP contribution in [0.2, 0.25) is 0 Å². The Labute approximate surface area is 97.0 Å². The second-order valence-corrected chi connectivity index (χ2v) is 4.58. The van der Waals surface area contributed by atoms with Gasteiger partial charge in [-0.3, -0.25) is 0 Å². The molecule has 0 unspecified atom stereocenters. The molecule has 0 bridgehead atoms. The van der Waals surface area contributed by atoms with Crippen LogP contribution in [0.25, 0.3) is 0 Å². The van der Waals surface area contributed by atoms with Crippen LogP contribution in [0.15, 0.2) is 12.5 Å². The van der Waals surface area contributed by atoms with E-state index < -0.39 is 0 Å². The van der Waals surface area contributed by atoms with Gasteiger partial charge >= 0.3 is 0 Å². The van der Waals surface area contributed by atoms with Gasteiger partial charge in [-0.25, -0.2) is 4.98 Å². The molecule has 4 nitrogen and oxygen atoms in total. The smallest absolute Gasteiger partial charge is 0.0949 e. The molecule has 1 aromatic heterocycles. The third kappa shape index (κ3) is 2.83. The van der Waals surface area contributed by atoms with Gasteiger partial charge in [-0.05, 0) is 33.2 Å². The second kappa shape index (κ2) is 5.46. The molecule has 0 spiro atoms. The Balaban J connectivity index is 1.91. The number of nitrogens with one attached hydrogen (secondary N) is 1. The molecular weight excluding hydrogens is 202 g/mol. The molecule has 1 fully saturated rings. The lowest BCUT2D eigenvalue weighted by atomic mass is 10.2. The maximum Gasteiger partial charge on any atom is 0.0949 e. The summed E-state index contributed by atoms with van der Waals surface area (Å²) in [5.41, 5.74) is 1.30. The fourth-order valence-electron chi connectivity index (χ4n) is 2.13. The quantitative estimate of drug-likeness (QED) is 0.826. The summed E-state index contributed by atoms with van der Waals surface area (Å²) in [7, 11) is 0. The predicted molar refractivity (Wildman–Crippen MR) is 63.3 cm³/mol. The van der Waals surface area contributed by atoms with Gasteiger partial charge < -0.3 is 14.6 Å². The van der Waals surface area contributed by atoms with E-state index in [1.165, 1.54) is 18.5 Å². The van der Waals surface area contributed by atoms with Crippen LogP contribution in [0.4, 0.5) is 0 Å². The van der Waals surface area contributed by atoms with E-state index in [1.807, 2.05) is 12.5 Å². The summed E-state index contributed by atoms with van der Waals surface area (Å²) in [6.07, 6.45) is 6.66. The van der Waals surface area contributed by atoms with Crippen LogP contribution in [-0.2, 0) is 11.3 Å². The van der Waals surface area contributed by atoms with Crippen molar-refractivity contribution in [2.75, 3.05) is 13.2 Å². The lowest BCUT2D eigenvalue weighted by Crippen LogP contribution is -2.18. The summed E-state index contributed by atoms with van der Waals surface area (Å²) in [5, 5.41) is 3.50. The zero-order valence-electron chi connectivity index (χ0n) is 10.1. The van der Waals surface area contributed by atoms with E-state index in [0.717, 1.165) is 19.7 Å². The molecule has 1 N–H and O–H groups in total. The third-order valence-corrected chi connectivity index (χ3v) is 2.95. The summed E-state index contributed by atoms with van der Waals surface area (Å²) in [6, 6.07) is 0.488. The van der Waals surface area contributed by atoms with Crippen LogP contribution in [0.3, 0.4) is 0 Å². The minimum absolute atomic E-state index is 0.302. The zero-order valence-corrected chi connectivity index (χ0v) is 10.1. The largest absolute Gasteiger partial charge is 0.377 e. The van der Waals surface area contributed by atoms with E-state index in [4.69, 9.17) is 4.74 Å². The van der Waals surface area contributed by atoms with E-state index >= 15 is 0 Å². The van der Waals surface area contributed by atoms with Gasteiger partial charge in [0, 0.05) is 18.8 Å². The number of rotatable bonds is 5. The van der Waals surface area contributed by atoms with Crippen LogP contribution in [0, 0.1) is 0 Å². The normalized spacial score (nSPS) is 20.8. The van der Waals surface area contributed by atoms with Crippen molar-refractivity contribution in [3.8, 4) is 0 Å². The van der Waals surface area contributed by atoms with Crippen LogP contribution in [-0.4, -0.2) is 28.8 Å². The maximum atomic E-state index is 5.56. The summed E-state index contributed by atoms with van der Waals surface area (Å²) in [5.74, 6) is 0. The molecule has 1 aromatic rings. The van der Waals surface area contributed by atoms with Gasteiger partial charge in [-0.15, -0.1) is 0 Å². The molecule has 1 atom stereocenters. The molecule has 16 heavy (non-hydrogen) atoms. The Kier molecular flexibility index (Phi) is 3.96. The van der Waals surface area contributed by atoms with Crippen molar-refractivity contribution in [1.82, 2.24) is 14.9 Å². The second-order valence-electron chi connectivity index (χ2n) is 4.58. The third-order valence-electron chi connectivity index (χ3n) is 2.95. The van der Waals surface area contributed by atoms with Crippen LogP contribution < -0.4 is 5.32 Å². The average Bonchev–Trinajstić information content (AvgIpc) is 2.84. The van der Waals surface area contributed by atoms with E-state index in [9.17, 15) is 0 Å². The maximum absolute atomic E-state index is 5.56. The lowest BCUT2D eigenvalue weighted by molar-refractivity contribution is 0.0722. The molecule has 2 heterocycles. The molecule has 1 saturated heterocycles. The Morgan fingerprint density at radius 3 is 3.19 bits per heavy atom. The number of imidazole rings is 1. The molecule has 0 aliphatic carbocycles. The topological polar surface area (TPSA) is 39.1 Å². The monoisotopic (exact) mass is 223 g/mol. The highest BCUT2D eigenvalue weighted by molar-refractivity contribution is 5.07. The Morgan fingerprint density at radius 1 is 1.62 bits per heavy atom. The minimum atomic E-state index is 0.302. The van der Waals surface area contributed by atoms with Crippen molar-refractivity contribution in [2.24, 2.45) is 0 Å². The Morgan fingerprint density at radius 2 is 2.50 bits per heavy atom. The number of ether oxygens (including phenoxy) is 1. The molecule has 1 aliphatic heterocycles. The van der Waals surface area contributed by atoms with Crippen LogP contribution >= 0.6 is 0 Å². The highest BCUT2D eigenvalue weighted by Gasteiger charge is 2.19. The SMILES string of the molecule is CC(C)OCCn1cncc1[C@@H]1CCCN1. The first kappa shape index (κ1) is 11.6. The number of aromatic nitrogens is 2. The highest BCUT2D eigenvalue weighted by Crippen LogP contribution is 2.22. The molecule has 2 rings (SSSR count). The molecule has 1 aliphatic rings. The lowest BCUT2D eigenvalue weighted by Gasteiger charge is -2.14. The zero-order chi connectivity index (χ0) is 11.4. The summed E-state index contributed by atoms with van der Waals surface area (Å²) >= 11 is 0. The molecule has 0 amide bonds. The van der Waals surface area contributed by atoms with Gasteiger partial charge in [-0.1, -0.05) is 0 Å². The molecular formula is C12H21N3O. The van der Waals surface area contributed by atoms with Crippen molar-refractivity contribution >= 4 is 0 Å². The van der Waals surface area contributed by atoms with E-state index in [0.29, 0.717) is 12.1 Å². The van der Waals surface area contributed by atoms with Crippen molar-refractivity contribution in [3.63, 3.8) is 0 Å². The van der Waals surface area contributed by atoms with Gasteiger partial charge in [0.2, 0.25) is 0 Å². The van der Waals surface area contributed by atoms with E-state index in [-0.39, 0.29) is 0 Å². The van der Waals surface area contributed by atoms with Crippen molar-refractivity contribution in [2.45, 2.75) is 45.4 Å². The fourth-order valence-corrected chi connectivity index (χ4v) is 2.13. The Bertz CT molecular complexity index is 316. The first-order chi connectivity index (χ1) is 7.77. The van der Waals surface area contributed by atoms with E-state index in [2.05, 4.69) is 28.7 Å². The molecule has 0 saturated carbocycles. The molecule has 0 aromatic carbocycles.